The van der Waals surface area contributed by atoms with Crippen molar-refractivity contribution in [3.8, 4) is 0 Å². The fraction of sp³-hybridized carbons (Fsp3) is 0.949. The highest BCUT2D eigenvalue weighted by Gasteiger charge is 2.18. The summed E-state index contributed by atoms with van der Waals surface area (Å²) in [5, 5.41) is 23.3. The van der Waals surface area contributed by atoms with Crippen LogP contribution in [0.25, 0.3) is 0 Å². The summed E-state index contributed by atoms with van der Waals surface area (Å²) in [5.41, 5.74) is 0. The van der Waals surface area contributed by atoms with Crippen LogP contribution in [0.2, 0.25) is 0 Å². The van der Waals surface area contributed by atoms with Crippen molar-refractivity contribution in [3.63, 3.8) is 0 Å². The second kappa shape index (κ2) is 75.1. The molecule has 6 heteroatoms. The topological polar surface area (TPSA) is 95.9 Å². The maximum absolute atomic E-state index is 12.5. The fourth-order valence-electron chi connectivity index (χ4n) is 12.8. The average Bonchev–Trinajstić information content (AvgIpc) is 3.51. The zero-order valence-electron chi connectivity index (χ0n) is 58.1. The second-order valence-electron chi connectivity index (χ2n) is 27.4. The second-order valence-corrected chi connectivity index (χ2v) is 27.4. The van der Waals surface area contributed by atoms with Crippen molar-refractivity contribution in [1.29, 1.82) is 0 Å². The Labute approximate surface area is 533 Å². The molecule has 6 nitrogen and oxygen atoms in total. The molecule has 0 aliphatic rings. The highest BCUT2D eigenvalue weighted by Crippen LogP contribution is 2.20. The van der Waals surface area contributed by atoms with Gasteiger partial charge in [0.15, 0.2) is 0 Å². The van der Waals surface area contributed by atoms with Crippen molar-refractivity contribution in [2.45, 2.75) is 469 Å². The van der Waals surface area contributed by atoms with Crippen molar-refractivity contribution < 1.29 is 24.5 Å². The van der Waals surface area contributed by atoms with Gasteiger partial charge in [-0.05, 0) is 32.1 Å². The van der Waals surface area contributed by atoms with E-state index >= 15 is 0 Å². The molecule has 506 valence electrons. The van der Waals surface area contributed by atoms with E-state index in [1.54, 1.807) is 6.08 Å². The number of rotatable bonds is 75. The first-order chi connectivity index (χ1) is 42.0. The van der Waals surface area contributed by atoms with E-state index in [1.165, 1.54) is 392 Å². The van der Waals surface area contributed by atoms with Crippen LogP contribution in [0.5, 0.6) is 0 Å². The standard InChI is InChI=1S/C79H155NO5/c1-3-5-7-9-11-13-15-17-19-21-23-24-33-36-39-43-47-51-55-59-63-67-71-77(82)76(75-81)80-78(83)72-68-64-60-56-52-48-44-40-37-34-31-29-27-25-26-28-30-32-35-38-42-46-50-54-58-62-66-70-74-85-79(84)73-69-65-61-57-53-49-45-41-22-20-18-16-14-12-10-8-6-4-2/h67,71,76-77,81-82H,3-66,68-70,72-75H2,1-2H3,(H,80,83)/b71-67+. The molecule has 0 radical (unpaired) electrons. The van der Waals surface area contributed by atoms with Gasteiger partial charge in [0, 0.05) is 12.8 Å². The van der Waals surface area contributed by atoms with Crippen molar-refractivity contribution in [3.05, 3.63) is 12.2 Å². The van der Waals surface area contributed by atoms with Gasteiger partial charge < -0.3 is 20.3 Å². The van der Waals surface area contributed by atoms with Crippen LogP contribution < -0.4 is 5.32 Å². The van der Waals surface area contributed by atoms with E-state index in [4.69, 9.17) is 4.74 Å². The fourth-order valence-corrected chi connectivity index (χ4v) is 12.8. The van der Waals surface area contributed by atoms with Gasteiger partial charge in [0.05, 0.1) is 25.4 Å². The number of carbonyl (C=O) groups is 2. The van der Waals surface area contributed by atoms with E-state index in [0.29, 0.717) is 19.4 Å². The van der Waals surface area contributed by atoms with Crippen LogP contribution in [0.3, 0.4) is 0 Å². The summed E-state index contributed by atoms with van der Waals surface area (Å²) in [6.07, 6.45) is 94.7. The Bertz CT molecular complexity index is 1290. The van der Waals surface area contributed by atoms with Crippen molar-refractivity contribution >= 4 is 11.9 Å². The van der Waals surface area contributed by atoms with Crippen LogP contribution in [0.4, 0.5) is 0 Å². The summed E-state index contributed by atoms with van der Waals surface area (Å²) >= 11 is 0. The Balaban J connectivity index is 3.35. The van der Waals surface area contributed by atoms with Crippen LogP contribution in [0, 0.1) is 0 Å². The summed E-state index contributed by atoms with van der Waals surface area (Å²) in [5.74, 6) is -0.0351. The SMILES string of the molecule is CCCCCCCCCCCCCCCCCCCCCC/C=C/C(O)C(CO)NC(=O)CCCCCCCCCCCCCCCCCCCCCCCCCCCCCCOC(=O)CCCCCCCCCCCCCCCCCCCC. The number of aliphatic hydroxyl groups is 2. The summed E-state index contributed by atoms with van der Waals surface area (Å²) in [6.45, 7) is 4.97. The number of allylic oxidation sites excluding steroid dienone is 1. The predicted molar refractivity (Wildman–Crippen MR) is 375 cm³/mol. The maximum atomic E-state index is 12.5. The van der Waals surface area contributed by atoms with Crippen LogP contribution in [0.15, 0.2) is 12.2 Å². The molecule has 0 heterocycles. The van der Waals surface area contributed by atoms with E-state index in [1.807, 2.05) is 6.08 Å². The van der Waals surface area contributed by atoms with E-state index in [-0.39, 0.29) is 18.5 Å². The molecule has 0 saturated carbocycles. The van der Waals surface area contributed by atoms with Crippen molar-refractivity contribution in [1.82, 2.24) is 5.32 Å². The Kier molecular flexibility index (Phi) is 73.8. The number of nitrogens with one attached hydrogen (secondary N) is 1. The summed E-state index contributed by atoms with van der Waals surface area (Å²) in [6, 6.07) is -0.626. The van der Waals surface area contributed by atoms with E-state index in [0.717, 1.165) is 38.5 Å². The lowest BCUT2D eigenvalue weighted by atomic mass is 10.0. The maximum Gasteiger partial charge on any atom is 0.305 e. The van der Waals surface area contributed by atoms with Crippen LogP contribution >= 0.6 is 0 Å². The number of aliphatic hydroxyl groups excluding tert-OH is 2. The first kappa shape index (κ1) is 83.6. The van der Waals surface area contributed by atoms with Gasteiger partial charge in [-0.3, -0.25) is 9.59 Å². The Hall–Kier alpha value is -1.40. The lowest BCUT2D eigenvalue weighted by molar-refractivity contribution is -0.143. The lowest BCUT2D eigenvalue weighted by Gasteiger charge is -2.20. The number of hydrogen-bond acceptors (Lipinski definition) is 5. The van der Waals surface area contributed by atoms with Crippen molar-refractivity contribution in [2.75, 3.05) is 13.2 Å². The first-order valence-electron chi connectivity index (χ1n) is 39.5. The molecule has 0 aliphatic carbocycles. The van der Waals surface area contributed by atoms with Gasteiger partial charge in [-0.25, -0.2) is 0 Å². The van der Waals surface area contributed by atoms with Gasteiger partial charge in [-0.15, -0.1) is 0 Å². The highest BCUT2D eigenvalue weighted by atomic mass is 16.5. The van der Waals surface area contributed by atoms with Crippen LogP contribution in [0.1, 0.15) is 457 Å². The average molecular weight is 1200 g/mol. The molecule has 0 rings (SSSR count). The Morgan fingerprint density at radius 1 is 0.318 bits per heavy atom. The molecular weight excluding hydrogens is 1040 g/mol. The third kappa shape index (κ3) is 71.6. The Morgan fingerprint density at radius 3 is 0.800 bits per heavy atom. The lowest BCUT2D eigenvalue weighted by Crippen LogP contribution is -2.45. The summed E-state index contributed by atoms with van der Waals surface area (Å²) in [7, 11) is 0. The molecule has 0 aliphatic heterocycles. The minimum atomic E-state index is -0.843. The van der Waals surface area contributed by atoms with Gasteiger partial charge in [0.1, 0.15) is 0 Å². The zero-order valence-corrected chi connectivity index (χ0v) is 58.1. The van der Waals surface area contributed by atoms with E-state index in [2.05, 4.69) is 19.2 Å². The molecular formula is C79H155NO5. The third-order valence-corrected chi connectivity index (χ3v) is 18.8. The van der Waals surface area contributed by atoms with Crippen molar-refractivity contribution in [2.24, 2.45) is 0 Å². The molecule has 0 aromatic rings. The molecule has 85 heavy (non-hydrogen) atoms. The van der Waals surface area contributed by atoms with Crippen LogP contribution in [-0.4, -0.2) is 47.4 Å². The minimum absolute atomic E-state index is 0.0243. The highest BCUT2D eigenvalue weighted by molar-refractivity contribution is 5.76. The van der Waals surface area contributed by atoms with Gasteiger partial charge >= 0.3 is 5.97 Å². The first-order valence-corrected chi connectivity index (χ1v) is 39.5. The van der Waals surface area contributed by atoms with Crippen LogP contribution in [-0.2, 0) is 14.3 Å². The quantitative estimate of drug-likeness (QED) is 0.0320. The van der Waals surface area contributed by atoms with E-state index in [9.17, 15) is 19.8 Å². The smallest absolute Gasteiger partial charge is 0.305 e. The summed E-state index contributed by atoms with van der Waals surface area (Å²) < 4.78 is 5.52. The molecule has 1 amide bonds. The van der Waals surface area contributed by atoms with E-state index < -0.39 is 12.1 Å². The normalized spacial score (nSPS) is 12.5. The molecule has 0 saturated heterocycles. The molecule has 0 fully saturated rings. The number of ether oxygens (including phenoxy) is 1. The molecule has 2 unspecified atom stereocenters. The molecule has 0 bridgehead atoms. The number of hydrogen-bond donors (Lipinski definition) is 3. The summed E-state index contributed by atoms with van der Waals surface area (Å²) in [4.78, 5) is 24.7. The molecule has 0 aromatic carbocycles. The predicted octanol–water partition coefficient (Wildman–Crippen LogP) is 25.9. The largest absolute Gasteiger partial charge is 0.466 e. The van der Waals surface area contributed by atoms with Gasteiger partial charge in [0.2, 0.25) is 5.91 Å². The number of carbonyl (C=O) groups excluding carboxylic acids is 2. The minimum Gasteiger partial charge on any atom is -0.466 e. The Morgan fingerprint density at radius 2 is 0.541 bits per heavy atom. The number of esters is 1. The molecule has 0 aromatic heterocycles. The molecule has 0 spiro atoms. The number of unbranched alkanes of at least 4 members (excludes halogenated alkanes) is 64. The number of amides is 1. The molecule has 3 N–H and O–H groups in total. The van der Waals surface area contributed by atoms with Gasteiger partial charge in [0.25, 0.3) is 0 Å². The molecule has 2 atom stereocenters. The van der Waals surface area contributed by atoms with Gasteiger partial charge in [-0.2, -0.15) is 0 Å². The monoisotopic (exact) mass is 1200 g/mol. The zero-order chi connectivity index (χ0) is 61.3. The third-order valence-electron chi connectivity index (χ3n) is 18.8. The van der Waals surface area contributed by atoms with Gasteiger partial charge in [-0.1, -0.05) is 424 Å².